The number of aliphatic hydroxyl groups is 1. The van der Waals surface area contributed by atoms with E-state index in [-0.39, 0.29) is 32.0 Å². The first-order valence-corrected chi connectivity index (χ1v) is 8.81. The van der Waals surface area contributed by atoms with Crippen LogP contribution < -0.4 is 19.9 Å². The molecular weight excluding hydrogens is 403 g/mol. The maximum absolute atomic E-state index is 13.6. The average Bonchev–Trinajstić information content (AvgIpc) is 3.05. The van der Waals surface area contributed by atoms with Crippen molar-refractivity contribution in [3.05, 3.63) is 47.5 Å². The molecule has 1 heterocycles. The van der Waals surface area contributed by atoms with Crippen molar-refractivity contribution < 1.29 is 28.5 Å². The number of hydrogen-bond acceptors (Lipinski definition) is 6. The number of halogens is 2. The molecule has 0 bridgehead atoms. The average molecular weight is 427 g/mol. The Morgan fingerprint density at radius 2 is 1.83 bits per heavy atom. The van der Waals surface area contributed by atoms with Crippen LogP contribution in [0.3, 0.4) is 0 Å². The van der Waals surface area contributed by atoms with Crippen molar-refractivity contribution in [3.8, 4) is 23.0 Å². The van der Waals surface area contributed by atoms with E-state index in [1.807, 2.05) is 0 Å². The lowest BCUT2D eigenvalue weighted by atomic mass is 10.1. The van der Waals surface area contributed by atoms with Crippen molar-refractivity contribution >= 4 is 18.3 Å². The quantitative estimate of drug-likeness (QED) is 0.737. The number of likely N-dealkylation sites (tertiary alicyclic amines) is 1. The van der Waals surface area contributed by atoms with Gasteiger partial charge in [0.05, 0.1) is 26.3 Å². The number of β-amino-alcohol motifs (C(OH)–C–C–N with tert-alkyl or cyclic N) is 1. The fourth-order valence-corrected chi connectivity index (χ4v) is 3.14. The summed E-state index contributed by atoms with van der Waals surface area (Å²) in [5.74, 6) is 1.41. The van der Waals surface area contributed by atoms with Crippen LogP contribution in [0.4, 0.5) is 4.39 Å². The van der Waals surface area contributed by atoms with Crippen LogP contribution in [0.5, 0.6) is 23.0 Å². The Morgan fingerprint density at radius 1 is 1.14 bits per heavy atom. The summed E-state index contributed by atoms with van der Waals surface area (Å²) >= 11 is 0. The van der Waals surface area contributed by atoms with Crippen LogP contribution in [0.25, 0.3) is 0 Å². The summed E-state index contributed by atoms with van der Waals surface area (Å²) in [5, 5.41) is 9.57. The molecule has 1 aliphatic rings. The van der Waals surface area contributed by atoms with Gasteiger partial charge in [-0.1, -0.05) is 6.07 Å². The number of rotatable bonds is 6. The molecule has 1 saturated heterocycles. The smallest absolute Gasteiger partial charge is 0.254 e. The highest BCUT2D eigenvalue weighted by molar-refractivity contribution is 5.95. The SMILES string of the molecule is COc1ccc(C(=O)N2C[C@@H](O)[C@H](F)C2)cc1Oc1cccc(OC)c1CN.Cl. The van der Waals surface area contributed by atoms with E-state index in [0.29, 0.717) is 34.1 Å². The highest BCUT2D eigenvalue weighted by Gasteiger charge is 2.34. The molecule has 29 heavy (non-hydrogen) atoms. The van der Waals surface area contributed by atoms with Gasteiger partial charge in [-0.3, -0.25) is 4.79 Å². The standard InChI is InChI=1S/C20H23FN2O5.ClH/c1-26-16-4-3-5-17(13(16)9-22)28-19-8-12(6-7-18(19)27-2)20(25)23-10-14(21)15(24)11-23;/h3-8,14-15,24H,9-11,22H2,1-2H3;1H/t14-,15-;/m1./s1. The van der Waals surface area contributed by atoms with Crippen molar-refractivity contribution in [2.45, 2.75) is 18.8 Å². The lowest BCUT2D eigenvalue weighted by Crippen LogP contribution is -2.29. The first-order chi connectivity index (χ1) is 13.5. The Bertz CT molecular complexity index is 857. The number of alkyl halides is 1. The van der Waals surface area contributed by atoms with Crippen LogP contribution in [0.1, 0.15) is 15.9 Å². The predicted molar refractivity (Wildman–Crippen MR) is 108 cm³/mol. The third kappa shape index (κ3) is 4.72. The maximum atomic E-state index is 13.6. The molecule has 1 fully saturated rings. The van der Waals surface area contributed by atoms with E-state index in [0.717, 1.165) is 0 Å². The number of carbonyl (C=O) groups is 1. The van der Waals surface area contributed by atoms with E-state index in [4.69, 9.17) is 19.9 Å². The van der Waals surface area contributed by atoms with E-state index in [1.165, 1.54) is 18.1 Å². The molecule has 0 saturated carbocycles. The summed E-state index contributed by atoms with van der Waals surface area (Å²) in [4.78, 5) is 14.0. The number of benzene rings is 2. The zero-order chi connectivity index (χ0) is 20.3. The summed E-state index contributed by atoms with van der Waals surface area (Å²) < 4.78 is 30.2. The molecule has 3 N–H and O–H groups in total. The fourth-order valence-electron chi connectivity index (χ4n) is 3.14. The number of nitrogens with zero attached hydrogens (tertiary/aromatic N) is 1. The van der Waals surface area contributed by atoms with Gasteiger partial charge in [-0.05, 0) is 30.3 Å². The van der Waals surface area contributed by atoms with Crippen molar-refractivity contribution in [3.63, 3.8) is 0 Å². The van der Waals surface area contributed by atoms with Crippen molar-refractivity contribution in [1.29, 1.82) is 0 Å². The first-order valence-electron chi connectivity index (χ1n) is 8.81. The van der Waals surface area contributed by atoms with Gasteiger partial charge in [0.15, 0.2) is 11.5 Å². The van der Waals surface area contributed by atoms with Crippen molar-refractivity contribution in [2.24, 2.45) is 5.73 Å². The molecule has 0 aromatic heterocycles. The number of nitrogens with two attached hydrogens (primary N) is 1. The number of hydrogen-bond donors (Lipinski definition) is 2. The number of aliphatic hydroxyl groups excluding tert-OH is 1. The Hall–Kier alpha value is -2.55. The Morgan fingerprint density at radius 3 is 2.41 bits per heavy atom. The molecule has 3 rings (SSSR count). The minimum atomic E-state index is -1.44. The maximum Gasteiger partial charge on any atom is 0.254 e. The monoisotopic (exact) mass is 426 g/mol. The minimum Gasteiger partial charge on any atom is -0.496 e. The second-order valence-electron chi connectivity index (χ2n) is 6.40. The molecule has 0 aliphatic carbocycles. The predicted octanol–water partition coefficient (Wildman–Crippen LogP) is 2.53. The molecule has 2 atom stereocenters. The van der Waals surface area contributed by atoms with Gasteiger partial charge in [-0.2, -0.15) is 0 Å². The summed E-state index contributed by atoms with van der Waals surface area (Å²) in [7, 11) is 3.03. The van der Waals surface area contributed by atoms with Crippen LogP contribution >= 0.6 is 12.4 Å². The molecule has 9 heteroatoms. The van der Waals surface area contributed by atoms with Gasteiger partial charge < -0.3 is 30.0 Å². The van der Waals surface area contributed by atoms with Crippen LogP contribution in [-0.4, -0.2) is 55.5 Å². The highest BCUT2D eigenvalue weighted by atomic mass is 35.5. The minimum absolute atomic E-state index is 0. The van der Waals surface area contributed by atoms with E-state index in [1.54, 1.807) is 37.4 Å². The topological polar surface area (TPSA) is 94.2 Å². The van der Waals surface area contributed by atoms with Crippen LogP contribution in [0, 0.1) is 0 Å². The molecule has 1 aliphatic heterocycles. The third-order valence-electron chi connectivity index (χ3n) is 4.65. The molecule has 0 unspecified atom stereocenters. The lowest BCUT2D eigenvalue weighted by Gasteiger charge is -2.18. The van der Waals surface area contributed by atoms with Gasteiger partial charge in [-0.25, -0.2) is 4.39 Å². The van der Waals surface area contributed by atoms with E-state index >= 15 is 0 Å². The zero-order valence-electron chi connectivity index (χ0n) is 16.1. The van der Waals surface area contributed by atoms with E-state index < -0.39 is 18.2 Å². The Balaban J connectivity index is 0.00000300. The van der Waals surface area contributed by atoms with Gasteiger partial charge in [-0.15, -0.1) is 12.4 Å². The first kappa shape index (κ1) is 22.7. The molecular formula is C20H24ClFN2O5. The molecule has 0 radical (unpaired) electrons. The molecule has 7 nitrogen and oxygen atoms in total. The number of carbonyl (C=O) groups excluding carboxylic acids is 1. The molecule has 2 aromatic carbocycles. The fraction of sp³-hybridized carbons (Fsp3) is 0.350. The van der Waals surface area contributed by atoms with Gasteiger partial charge >= 0.3 is 0 Å². The molecule has 158 valence electrons. The number of amides is 1. The van der Waals surface area contributed by atoms with Gasteiger partial charge in [0.25, 0.3) is 5.91 Å². The van der Waals surface area contributed by atoms with Crippen LogP contribution in [0.15, 0.2) is 36.4 Å². The summed E-state index contributed by atoms with van der Waals surface area (Å²) in [6, 6.07) is 9.98. The largest absolute Gasteiger partial charge is 0.496 e. The second kappa shape index (κ2) is 9.78. The van der Waals surface area contributed by atoms with Crippen molar-refractivity contribution in [1.82, 2.24) is 4.90 Å². The van der Waals surface area contributed by atoms with Crippen LogP contribution in [-0.2, 0) is 6.54 Å². The molecule has 0 spiro atoms. The Kier molecular flexibility index (Phi) is 7.66. The molecule has 1 amide bonds. The molecule has 2 aromatic rings. The van der Waals surface area contributed by atoms with Crippen LogP contribution in [0.2, 0.25) is 0 Å². The zero-order valence-corrected chi connectivity index (χ0v) is 16.9. The Labute approximate surface area is 174 Å². The van der Waals surface area contributed by atoms with Gasteiger partial charge in [0.2, 0.25) is 0 Å². The summed E-state index contributed by atoms with van der Waals surface area (Å²) in [6.07, 6.45) is -2.61. The third-order valence-corrected chi connectivity index (χ3v) is 4.65. The van der Waals surface area contributed by atoms with E-state index in [2.05, 4.69) is 0 Å². The van der Waals surface area contributed by atoms with Crippen molar-refractivity contribution in [2.75, 3.05) is 27.3 Å². The number of methoxy groups -OCH3 is 2. The van der Waals surface area contributed by atoms with E-state index in [9.17, 15) is 14.3 Å². The normalized spacial score (nSPS) is 18.2. The number of ether oxygens (including phenoxy) is 3. The second-order valence-corrected chi connectivity index (χ2v) is 6.40. The summed E-state index contributed by atoms with van der Waals surface area (Å²) in [6.45, 7) is 0.00862. The van der Waals surface area contributed by atoms with Gasteiger partial charge in [0.1, 0.15) is 23.8 Å². The van der Waals surface area contributed by atoms with Gasteiger partial charge in [0, 0.05) is 18.7 Å². The summed E-state index contributed by atoms with van der Waals surface area (Å²) in [5.41, 5.74) is 6.80. The highest BCUT2D eigenvalue weighted by Crippen LogP contribution is 2.37. The lowest BCUT2D eigenvalue weighted by molar-refractivity contribution is 0.0764.